The monoisotopic (exact) mass is 307 g/mol. The van der Waals surface area contributed by atoms with Crippen LogP contribution in [0.4, 0.5) is 5.69 Å². The van der Waals surface area contributed by atoms with Gasteiger partial charge in [0.2, 0.25) is 0 Å². The van der Waals surface area contributed by atoms with Crippen LogP contribution < -0.4 is 4.74 Å². The number of phenolic OH excluding ortho intramolecular Hbond substituents is 1. The second-order valence-electron chi connectivity index (χ2n) is 4.90. The average Bonchev–Trinajstić information content (AvgIpc) is 2.57. The molecule has 0 saturated carbocycles. The number of ether oxygens (including phenoxy) is 1. The average molecular weight is 307 g/mol. The number of hydrogen-bond donors (Lipinski definition) is 1. The number of aromatic hydroxyl groups is 1. The Morgan fingerprint density at radius 1 is 0.913 bits per heavy atom. The molecule has 1 N–H and O–H groups in total. The molecule has 0 heterocycles. The summed E-state index contributed by atoms with van der Waals surface area (Å²) in [5, 5.41) is 20.3. The Balaban J connectivity index is 2.06. The summed E-state index contributed by atoms with van der Waals surface area (Å²) in [6.45, 7) is 0. The first-order chi connectivity index (χ1) is 11.1. The molecule has 23 heavy (non-hydrogen) atoms. The van der Waals surface area contributed by atoms with Crippen molar-refractivity contribution in [2.24, 2.45) is 0 Å². The number of benzene rings is 3. The molecule has 3 rings (SSSR count). The van der Waals surface area contributed by atoms with Crippen LogP contribution in [0.25, 0.3) is 11.1 Å². The molecule has 0 atom stereocenters. The molecule has 0 radical (unpaired) electrons. The van der Waals surface area contributed by atoms with Crippen molar-refractivity contribution in [3.8, 4) is 28.4 Å². The number of non-ortho nitro benzene ring substituents is 1. The molecule has 0 aliphatic rings. The van der Waals surface area contributed by atoms with E-state index >= 15 is 0 Å². The van der Waals surface area contributed by atoms with E-state index in [1.165, 1.54) is 24.3 Å². The second kappa shape index (κ2) is 6.19. The molecule has 3 aromatic carbocycles. The van der Waals surface area contributed by atoms with Crippen molar-refractivity contribution in [1.82, 2.24) is 0 Å². The van der Waals surface area contributed by atoms with E-state index in [9.17, 15) is 15.2 Å². The minimum atomic E-state index is -0.460. The van der Waals surface area contributed by atoms with E-state index in [0.717, 1.165) is 11.1 Å². The van der Waals surface area contributed by atoms with Crippen molar-refractivity contribution in [1.29, 1.82) is 0 Å². The molecule has 0 spiro atoms. The molecule has 114 valence electrons. The van der Waals surface area contributed by atoms with E-state index in [-0.39, 0.29) is 11.4 Å². The summed E-state index contributed by atoms with van der Waals surface area (Å²) in [6, 6.07) is 20.2. The number of phenols is 1. The molecule has 3 aromatic rings. The van der Waals surface area contributed by atoms with Gasteiger partial charge in [-0.05, 0) is 35.9 Å². The summed E-state index contributed by atoms with van der Waals surface area (Å²) >= 11 is 0. The van der Waals surface area contributed by atoms with E-state index in [0.29, 0.717) is 11.5 Å². The zero-order valence-electron chi connectivity index (χ0n) is 12.0. The fourth-order valence-electron chi connectivity index (χ4n) is 2.21. The summed E-state index contributed by atoms with van der Waals surface area (Å²) in [7, 11) is 0. The summed E-state index contributed by atoms with van der Waals surface area (Å²) in [5.41, 5.74) is 1.61. The van der Waals surface area contributed by atoms with E-state index < -0.39 is 4.92 Å². The number of nitro benzene ring substituents is 1. The van der Waals surface area contributed by atoms with Crippen molar-refractivity contribution < 1.29 is 14.8 Å². The van der Waals surface area contributed by atoms with Crippen molar-refractivity contribution in [2.45, 2.75) is 0 Å². The molecule has 5 nitrogen and oxygen atoms in total. The zero-order chi connectivity index (χ0) is 16.2. The van der Waals surface area contributed by atoms with Gasteiger partial charge in [-0.25, -0.2) is 0 Å². The Labute approximate surface area is 132 Å². The predicted octanol–water partition coefficient (Wildman–Crippen LogP) is 4.76. The Morgan fingerprint density at radius 3 is 2.26 bits per heavy atom. The Bertz CT molecular complexity index is 829. The maximum Gasteiger partial charge on any atom is 0.273 e. The van der Waals surface area contributed by atoms with Crippen LogP contribution in [0.1, 0.15) is 0 Å². The first-order valence-electron chi connectivity index (χ1n) is 6.94. The zero-order valence-corrected chi connectivity index (χ0v) is 12.0. The molecule has 5 heteroatoms. The lowest BCUT2D eigenvalue weighted by Crippen LogP contribution is -1.92. The topological polar surface area (TPSA) is 72.6 Å². The van der Waals surface area contributed by atoms with E-state index in [1.54, 1.807) is 18.2 Å². The summed E-state index contributed by atoms with van der Waals surface area (Å²) in [6.07, 6.45) is 0. The molecule has 0 saturated heterocycles. The fourth-order valence-corrected chi connectivity index (χ4v) is 2.21. The van der Waals surface area contributed by atoms with Crippen LogP contribution >= 0.6 is 0 Å². The SMILES string of the molecule is O=[N+]([O-])c1ccc(-c2ccccc2)c(Oc2ccc(O)cc2)c1. The number of rotatable bonds is 4. The van der Waals surface area contributed by atoms with Gasteiger partial charge in [0.15, 0.2) is 0 Å². The number of hydrogen-bond acceptors (Lipinski definition) is 4. The lowest BCUT2D eigenvalue weighted by molar-refractivity contribution is -0.384. The third kappa shape index (κ3) is 3.29. The van der Waals surface area contributed by atoms with Gasteiger partial charge in [-0.1, -0.05) is 30.3 Å². The number of nitrogens with zero attached hydrogens (tertiary/aromatic N) is 1. The molecule has 0 unspecified atom stereocenters. The lowest BCUT2D eigenvalue weighted by atomic mass is 10.0. The maximum absolute atomic E-state index is 11.0. The van der Waals surface area contributed by atoms with Gasteiger partial charge >= 0.3 is 0 Å². The van der Waals surface area contributed by atoms with E-state index in [4.69, 9.17) is 4.74 Å². The highest BCUT2D eigenvalue weighted by atomic mass is 16.6. The lowest BCUT2D eigenvalue weighted by Gasteiger charge is -2.11. The highest BCUT2D eigenvalue weighted by Gasteiger charge is 2.14. The molecule has 0 amide bonds. The van der Waals surface area contributed by atoms with Crippen LogP contribution in [0.5, 0.6) is 17.2 Å². The second-order valence-corrected chi connectivity index (χ2v) is 4.90. The largest absolute Gasteiger partial charge is 0.508 e. The van der Waals surface area contributed by atoms with Crippen LogP contribution in [0.2, 0.25) is 0 Å². The van der Waals surface area contributed by atoms with Gasteiger partial charge < -0.3 is 9.84 Å². The van der Waals surface area contributed by atoms with Gasteiger partial charge in [0.1, 0.15) is 17.2 Å². The molecule has 0 aliphatic heterocycles. The Hall–Kier alpha value is -3.34. The summed E-state index contributed by atoms with van der Waals surface area (Å²) < 4.78 is 5.79. The smallest absolute Gasteiger partial charge is 0.273 e. The minimum Gasteiger partial charge on any atom is -0.508 e. The third-order valence-electron chi connectivity index (χ3n) is 3.33. The van der Waals surface area contributed by atoms with Gasteiger partial charge in [-0.3, -0.25) is 10.1 Å². The quantitative estimate of drug-likeness (QED) is 0.557. The van der Waals surface area contributed by atoms with Gasteiger partial charge in [0.05, 0.1) is 11.0 Å². The Morgan fingerprint density at radius 2 is 1.61 bits per heavy atom. The maximum atomic E-state index is 11.0. The minimum absolute atomic E-state index is 0.0431. The van der Waals surface area contributed by atoms with Crippen molar-refractivity contribution in [3.63, 3.8) is 0 Å². The van der Waals surface area contributed by atoms with Crippen LogP contribution in [-0.4, -0.2) is 10.0 Å². The highest BCUT2D eigenvalue weighted by molar-refractivity contribution is 5.72. The molecule has 0 aromatic heterocycles. The first kappa shape index (κ1) is 14.6. The standard InChI is InChI=1S/C18H13NO4/c20-15-7-9-16(10-8-15)23-18-12-14(19(21)22)6-11-17(18)13-4-2-1-3-5-13/h1-12,20H. The Kier molecular flexibility index (Phi) is 3.93. The van der Waals surface area contributed by atoms with Crippen molar-refractivity contribution >= 4 is 5.69 Å². The number of nitro groups is 1. The van der Waals surface area contributed by atoms with Gasteiger partial charge in [-0.2, -0.15) is 0 Å². The van der Waals surface area contributed by atoms with E-state index in [1.807, 2.05) is 30.3 Å². The van der Waals surface area contributed by atoms with Gasteiger partial charge in [-0.15, -0.1) is 0 Å². The van der Waals surface area contributed by atoms with Crippen molar-refractivity contribution in [3.05, 3.63) is 82.9 Å². The fraction of sp³-hybridized carbons (Fsp3) is 0. The molecule has 0 bridgehead atoms. The van der Waals surface area contributed by atoms with Crippen LogP contribution in [0, 0.1) is 10.1 Å². The predicted molar refractivity (Wildman–Crippen MR) is 86.7 cm³/mol. The van der Waals surface area contributed by atoms with Crippen LogP contribution in [0.15, 0.2) is 72.8 Å². The highest BCUT2D eigenvalue weighted by Crippen LogP contribution is 2.36. The van der Waals surface area contributed by atoms with Crippen LogP contribution in [-0.2, 0) is 0 Å². The summed E-state index contributed by atoms with van der Waals surface area (Å²) in [4.78, 5) is 10.6. The third-order valence-corrected chi connectivity index (χ3v) is 3.33. The van der Waals surface area contributed by atoms with Gasteiger partial charge in [0.25, 0.3) is 5.69 Å². The molecule has 0 aliphatic carbocycles. The first-order valence-corrected chi connectivity index (χ1v) is 6.94. The van der Waals surface area contributed by atoms with Crippen LogP contribution in [0.3, 0.4) is 0 Å². The molecular weight excluding hydrogens is 294 g/mol. The van der Waals surface area contributed by atoms with Crippen molar-refractivity contribution in [2.75, 3.05) is 0 Å². The van der Waals surface area contributed by atoms with Gasteiger partial charge in [0, 0.05) is 11.6 Å². The normalized spacial score (nSPS) is 10.3. The summed E-state index contributed by atoms with van der Waals surface area (Å²) in [5.74, 6) is 0.997. The molecular formula is C18H13NO4. The molecule has 0 fully saturated rings. The van der Waals surface area contributed by atoms with E-state index in [2.05, 4.69) is 0 Å².